The number of benzene rings is 1. The predicted octanol–water partition coefficient (Wildman–Crippen LogP) is 2.57. The number of hydrogen-bond acceptors (Lipinski definition) is 3. The molecule has 0 bridgehead atoms. The van der Waals surface area contributed by atoms with E-state index in [9.17, 15) is 9.59 Å². The molecule has 134 valence electrons. The van der Waals surface area contributed by atoms with E-state index in [-0.39, 0.29) is 18.0 Å². The minimum Gasteiger partial charge on any atom is -0.341 e. The summed E-state index contributed by atoms with van der Waals surface area (Å²) >= 11 is 0. The monoisotopic (exact) mass is 350 g/mol. The molecule has 0 atom stereocenters. The lowest BCUT2D eigenvalue weighted by Crippen LogP contribution is -2.37. The highest BCUT2D eigenvalue weighted by Crippen LogP contribution is 2.17. The average molecular weight is 350 g/mol. The zero-order valence-electron chi connectivity index (χ0n) is 14.7. The fraction of sp³-hybridized carbons (Fsp3) is 0.350. The molecule has 0 unspecified atom stereocenters. The van der Waals surface area contributed by atoms with Crippen molar-refractivity contribution in [1.29, 1.82) is 0 Å². The third-order valence-corrected chi connectivity index (χ3v) is 4.94. The van der Waals surface area contributed by atoms with E-state index in [1.807, 2.05) is 35.2 Å². The first-order valence-electron chi connectivity index (χ1n) is 9.14. The van der Waals surface area contributed by atoms with Crippen molar-refractivity contribution in [1.82, 2.24) is 19.1 Å². The molecule has 3 aromatic rings. The van der Waals surface area contributed by atoms with E-state index in [0.29, 0.717) is 5.52 Å². The lowest BCUT2D eigenvalue weighted by molar-refractivity contribution is -0.131. The van der Waals surface area contributed by atoms with E-state index in [0.717, 1.165) is 37.2 Å². The van der Waals surface area contributed by atoms with Crippen LogP contribution in [0.1, 0.15) is 25.7 Å². The van der Waals surface area contributed by atoms with Crippen LogP contribution in [0.25, 0.3) is 16.8 Å². The average Bonchev–Trinajstić information content (AvgIpc) is 2.92. The fourth-order valence-corrected chi connectivity index (χ4v) is 3.47. The highest BCUT2D eigenvalue weighted by atomic mass is 16.2. The lowest BCUT2D eigenvalue weighted by Gasteiger charge is -2.20. The summed E-state index contributed by atoms with van der Waals surface area (Å²) in [5.41, 5.74) is 2.00. The van der Waals surface area contributed by atoms with Crippen molar-refractivity contribution in [3.05, 3.63) is 59.1 Å². The number of carbonyl (C=O) groups is 1. The standard InChI is InChI=1S/C20H22N4O2/c25-19(22-10-6-1-2-7-11-22)15-23-12-13-24-18(20(23)26)14-17(21-24)16-8-4-3-5-9-16/h3-5,8-9,12-14H,1-2,6-7,10-11,15H2. The third-order valence-electron chi connectivity index (χ3n) is 4.94. The summed E-state index contributed by atoms with van der Waals surface area (Å²) < 4.78 is 3.07. The largest absolute Gasteiger partial charge is 0.341 e. The van der Waals surface area contributed by atoms with Crippen LogP contribution in [0.4, 0.5) is 0 Å². The molecule has 1 fully saturated rings. The van der Waals surface area contributed by atoms with Gasteiger partial charge in [0.25, 0.3) is 5.56 Å². The van der Waals surface area contributed by atoms with Crippen LogP contribution in [-0.4, -0.2) is 38.1 Å². The van der Waals surface area contributed by atoms with Crippen LogP contribution in [0.3, 0.4) is 0 Å². The quantitative estimate of drug-likeness (QED) is 0.729. The van der Waals surface area contributed by atoms with Crippen molar-refractivity contribution in [3.63, 3.8) is 0 Å². The summed E-state index contributed by atoms with van der Waals surface area (Å²) in [7, 11) is 0. The smallest absolute Gasteiger partial charge is 0.277 e. The van der Waals surface area contributed by atoms with Gasteiger partial charge in [-0.1, -0.05) is 43.2 Å². The number of fused-ring (bicyclic) bond motifs is 1. The predicted molar refractivity (Wildman–Crippen MR) is 99.9 cm³/mol. The number of nitrogens with zero attached hydrogens (tertiary/aromatic N) is 4. The Morgan fingerprint density at radius 1 is 1.00 bits per heavy atom. The summed E-state index contributed by atoms with van der Waals surface area (Å²) in [5.74, 6) is 0.0150. The minimum absolute atomic E-state index is 0.0150. The van der Waals surface area contributed by atoms with E-state index in [2.05, 4.69) is 5.10 Å². The maximum absolute atomic E-state index is 12.8. The van der Waals surface area contributed by atoms with Crippen molar-refractivity contribution in [2.75, 3.05) is 13.1 Å². The van der Waals surface area contributed by atoms with Gasteiger partial charge in [0.15, 0.2) is 0 Å². The molecule has 0 aliphatic carbocycles. The van der Waals surface area contributed by atoms with E-state index >= 15 is 0 Å². The third kappa shape index (κ3) is 3.27. The first-order chi connectivity index (χ1) is 12.7. The normalized spacial score (nSPS) is 15.2. The van der Waals surface area contributed by atoms with Gasteiger partial charge in [-0.05, 0) is 18.9 Å². The number of amides is 1. The van der Waals surface area contributed by atoms with Crippen LogP contribution < -0.4 is 5.56 Å². The maximum Gasteiger partial charge on any atom is 0.277 e. The Hall–Kier alpha value is -2.89. The molecule has 1 aliphatic heterocycles. The molecule has 1 amide bonds. The van der Waals surface area contributed by atoms with Gasteiger partial charge in [0, 0.05) is 31.0 Å². The van der Waals surface area contributed by atoms with E-state index in [1.54, 1.807) is 23.0 Å². The van der Waals surface area contributed by atoms with Crippen molar-refractivity contribution in [2.45, 2.75) is 32.2 Å². The van der Waals surface area contributed by atoms with Gasteiger partial charge in [-0.15, -0.1) is 0 Å². The molecule has 0 saturated carbocycles. The summed E-state index contributed by atoms with van der Waals surface area (Å²) in [6.45, 7) is 1.67. The highest BCUT2D eigenvalue weighted by Gasteiger charge is 2.17. The number of aromatic nitrogens is 3. The van der Waals surface area contributed by atoms with Gasteiger partial charge >= 0.3 is 0 Å². The second-order valence-electron chi connectivity index (χ2n) is 6.75. The second kappa shape index (κ2) is 7.15. The van der Waals surface area contributed by atoms with Crippen molar-refractivity contribution < 1.29 is 4.79 Å². The molecule has 1 saturated heterocycles. The van der Waals surface area contributed by atoms with E-state index < -0.39 is 0 Å². The molecule has 1 aliphatic rings. The number of rotatable bonds is 3. The topological polar surface area (TPSA) is 59.6 Å². The molecule has 4 rings (SSSR count). The Balaban J connectivity index is 1.61. The molecule has 6 heteroatoms. The Labute approximate surface area is 151 Å². The Morgan fingerprint density at radius 2 is 1.73 bits per heavy atom. The van der Waals surface area contributed by atoms with E-state index in [1.165, 1.54) is 17.4 Å². The SMILES string of the molecule is O=C(Cn1ccn2nc(-c3ccccc3)cc2c1=O)N1CCCCCC1. The summed E-state index contributed by atoms with van der Waals surface area (Å²) in [4.78, 5) is 27.3. The Bertz CT molecular complexity index is 966. The lowest BCUT2D eigenvalue weighted by atomic mass is 10.1. The zero-order valence-corrected chi connectivity index (χ0v) is 14.7. The van der Waals surface area contributed by atoms with Crippen LogP contribution in [0.5, 0.6) is 0 Å². The molecule has 0 N–H and O–H groups in total. The van der Waals surface area contributed by atoms with Crippen molar-refractivity contribution in [3.8, 4) is 11.3 Å². The molecular formula is C20H22N4O2. The van der Waals surface area contributed by atoms with Crippen molar-refractivity contribution >= 4 is 11.4 Å². The first-order valence-corrected chi connectivity index (χ1v) is 9.14. The number of hydrogen-bond donors (Lipinski definition) is 0. The van der Waals surface area contributed by atoms with Crippen LogP contribution in [0.2, 0.25) is 0 Å². The zero-order chi connectivity index (χ0) is 17.9. The molecule has 2 aromatic heterocycles. The second-order valence-corrected chi connectivity index (χ2v) is 6.75. The van der Waals surface area contributed by atoms with Gasteiger partial charge in [0.1, 0.15) is 12.1 Å². The Kier molecular flexibility index (Phi) is 4.56. The molecular weight excluding hydrogens is 328 g/mol. The van der Waals surface area contributed by atoms with Crippen LogP contribution in [-0.2, 0) is 11.3 Å². The van der Waals surface area contributed by atoms with Crippen molar-refractivity contribution in [2.24, 2.45) is 0 Å². The van der Waals surface area contributed by atoms with Crippen LogP contribution in [0, 0.1) is 0 Å². The maximum atomic E-state index is 12.8. The van der Waals surface area contributed by atoms with Gasteiger partial charge in [-0.25, -0.2) is 4.52 Å². The van der Waals surface area contributed by atoms with Gasteiger partial charge in [0.05, 0.1) is 5.69 Å². The fourth-order valence-electron chi connectivity index (χ4n) is 3.47. The summed E-state index contributed by atoms with van der Waals surface area (Å²) in [6, 6.07) is 11.5. The minimum atomic E-state index is -0.189. The molecule has 6 nitrogen and oxygen atoms in total. The van der Waals surface area contributed by atoms with Gasteiger partial charge in [-0.2, -0.15) is 5.10 Å². The van der Waals surface area contributed by atoms with Crippen LogP contribution in [0.15, 0.2) is 53.6 Å². The van der Waals surface area contributed by atoms with E-state index in [4.69, 9.17) is 0 Å². The highest BCUT2D eigenvalue weighted by molar-refractivity contribution is 5.76. The molecule has 26 heavy (non-hydrogen) atoms. The first kappa shape index (κ1) is 16.6. The molecule has 1 aromatic carbocycles. The molecule has 0 radical (unpaired) electrons. The molecule has 3 heterocycles. The summed E-state index contributed by atoms with van der Waals surface area (Å²) in [5, 5.41) is 4.47. The number of carbonyl (C=O) groups excluding carboxylic acids is 1. The van der Waals surface area contributed by atoms with Gasteiger partial charge in [-0.3, -0.25) is 9.59 Å². The summed E-state index contributed by atoms with van der Waals surface area (Å²) in [6.07, 6.45) is 7.82. The Morgan fingerprint density at radius 3 is 2.46 bits per heavy atom. The number of likely N-dealkylation sites (tertiary alicyclic amines) is 1. The molecule has 0 spiro atoms. The van der Waals surface area contributed by atoms with Crippen LogP contribution >= 0.6 is 0 Å². The van der Waals surface area contributed by atoms with Gasteiger partial charge < -0.3 is 9.47 Å². The van der Waals surface area contributed by atoms with Gasteiger partial charge in [0.2, 0.25) is 5.91 Å².